The number of halogens is 1. The number of nitrogens with two attached hydrogens (primary N) is 1. The second-order valence-electron chi connectivity index (χ2n) is 8.22. The summed E-state index contributed by atoms with van der Waals surface area (Å²) in [7, 11) is 0. The van der Waals surface area contributed by atoms with Crippen molar-refractivity contribution in [3.05, 3.63) is 105 Å². The quantitative estimate of drug-likeness (QED) is 0.398. The molecule has 5 rings (SSSR count). The van der Waals surface area contributed by atoms with E-state index in [9.17, 15) is 14.4 Å². The molecule has 1 unspecified atom stereocenters. The van der Waals surface area contributed by atoms with Gasteiger partial charge < -0.3 is 15.0 Å². The van der Waals surface area contributed by atoms with Gasteiger partial charge in [0.1, 0.15) is 22.9 Å². The van der Waals surface area contributed by atoms with E-state index in [1.165, 1.54) is 27.5 Å². The van der Waals surface area contributed by atoms with Crippen molar-refractivity contribution >= 4 is 36.0 Å². The number of hydrogen-bond donors (Lipinski definition) is 1. The fourth-order valence-electron chi connectivity index (χ4n) is 4.21. The molecule has 2 aliphatic heterocycles. The number of aryl methyl sites for hydroxylation is 1. The summed E-state index contributed by atoms with van der Waals surface area (Å²) in [4.78, 5) is 39.9. The van der Waals surface area contributed by atoms with Crippen LogP contribution in [0.2, 0.25) is 0 Å². The van der Waals surface area contributed by atoms with E-state index in [1.807, 2.05) is 60.7 Å². The zero-order valence-corrected chi connectivity index (χ0v) is 20.5. The summed E-state index contributed by atoms with van der Waals surface area (Å²) >= 11 is 1.46. The number of esters is 1. The molecular weight excluding hydrogens is 490 g/mol. The van der Waals surface area contributed by atoms with Gasteiger partial charge in [-0.25, -0.2) is 4.79 Å². The number of carbonyl (C=O) groups excluding carboxylic acids is 2. The summed E-state index contributed by atoms with van der Waals surface area (Å²) in [6.07, 6.45) is -0.671. The molecule has 182 valence electrons. The number of hydrogen-bond acceptors (Lipinski definition) is 7. The Morgan fingerprint density at radius 1 is 1.11 bits per heavy atom. The first kappa shape index (κ1) is 24.8. The number of amides is 1. The van der Waals surface area contributed by atoms with Gasteiger partial charge in [0.15, 0.2) is 6.10 Å². The summed E-state index contributed by atoms with van der Waals surface area (Å²) in [5.74, 6) is -0.110. The van der Waals surface area contributed by atoms with Crippen molar-refractivity contribution in [3.63, 3.8) is 0 Å². The SMILES string of the molecule is Cc1cc(=O)n(CC2=C(C(=O)OC(c3ccccc3)c3ccccc3)N3C(=O)C(N)[C@H]3SC2)o1.Cl. The van der Waals surface area contributed by atoms with Gasteiger partial charge in [-0.15, -0.1) is 24.2 Å². The Balaban J connectivity index is 0.00000289. The van der Waals surface area contributed by atoms with Gasteiger partial charge in [0.05, 0.1) is 6.54 Å². The standard InChI is InChI=1S/C25H23N3O5S.ClH/c1-15-12-19(29)27(33-15)13-18-14-34-24-20(26)23(30)28(24)21(18)25(31)32-22(16-8-4-2-5-9-16)17-10-6-3-7-11-17;/h2-12,20,22,24H,13-14,26H2,1H3;1H/t20?,24-;/m1./s1. The minimum absolute atomic E-state index is 0. The van der Waals surface area contributed by atoms with E-state index < -0.39 is 18.1 Å². The lowest BCUT2D eigenvalue weighted by Gasteiger charge is -2.48. The van der Waals surface area contributed by atoms with Crippen LogP contribution in [0.25, 0.3) is 0 Å². The minimum atomic E-state index is -0.679. The number of nitrogens with zero attached hydrogens (tertiary/aromatic N) is 2. The largest absolute Gasteiger partial charge is 0.448 e. The lowest BCUT2D eigenvalue weighted by atomic mass is 10.0. The number of aromatic nitrogens is 1. The van der Waals surface area contributed by atoms with Gasteiger partial charge in [-0.05, 0) is 23.6 Å². The maximum absolute atomic E-state index is 13.6. The normalized spacial score (nSPS) is 19.2. The van der Waals surface area contributed by atoms with Crippen molar-refractivity contribution in [3.8, 4) is 0 Å². The summed E-state index contributed by atoms with van der Waals surface area (Å²) in [5.41, 5.74) is 7.98. The van der Waals surface area contributed by atoms with E-state index in [1.54, 1.807) is 6.92 Å². The maximum Gasteiger partial charge on any atom is 0.356 e. The number of rotatable bonds is 6. The fourth-order valence-corrected chi connectivity index (χ4v) is 5.49. The maximum atomic E-state index is 13.6. The van der Waals surface area contributed by atoms with E-state index in [0.717, 1.165) is 11.1 Å². The molecule has 10 heteroatoms. The number of β-lactam (4-membered cyclic amide) rings is 1. The Morgan fingerprint density at radius 2 is 1.71 bits per heavy atom. The molecule has 1 saturated heterocycles. The summed E-state index contributed by atoms with van der Waals surface area (Å²) in [5, 5.41) is -0.347. The molecule has 0 radical (unpaired) electrons. The van der Waals surface area contributed by atoms with E-state index in [-0.39, 0.29) is 41.5 Å². The monoisotopic (exact) mass is 513 g/mol. The molecule has 35 heavy (non-hydrogen) atoms. The van der Waals surface area contributed by atoms with Gasteiger partial charge in [0.2, 0.25) is 5.91 Å². The highest BCUT2D eigenvalue weighted by Gasteiger charge is 2.52. The average molecular weight is 514 g/mol. The number of carbonyl (C=O) groups is 2. The molecule has 2 N–H and O–H groups in total. The predicted molar refractivity (Wildman–Crippen MR) is 134 cm³/mol. The fraction of sp³-hybridized carbons (Fsp3) is 0.240. The van der Waals surface area contributed by atoms with Crippen LogP contribution in [0, 0.1) is 6.92 Å². The van der Waals surface area contributed by atoms with Crippen LogP contribution in [0.15, 0.2) is 87.3 Å². The van der Waals surface area contributed by atoms with Crippen molar-refractivity contribution in [1.82, 2.24) is 9.64 Å². The van der Waals surface area contributed by atoms with Crippen molar-refractivity contribution in [1.29, 1.82) is 0 Å². The minimum Gasteiger partial charge on any atom is -0.448 e. The van der Waals surface area contributed by atoms with Crippen LogP contribution in [0.3, 0.4) is 0 Å². The molecule has 0 aliphatic carbocycles. The molecule has 2 aliphatic rings. The molecule has 3 aromatic rings. The third kappa shape index (κ3) is 4.67. The van der Waals surface area contributed by atoms with E-state index in [4.69, 9.17) is 15.0 Å². The number of ether oxygens (including phenoxy) is 1. The zero-order chi connectivity index (χ0) is 23.8. The van der Waals surface area contributed by atoms with Gasteiger partial charge >= 0.3 is 5.97 Å². The third-order valence-corrected chi connectivity index (χ3v) is 7.23. The van der Waals surface area contributed by atoms with Gasteiger partial charge in [-0.3, -0.25) is 14.5 Å². The molecule has 1 fully saturated rings. The zero-order valence-electron chi connectivity index (χ0n) is 18.8. The highest BCUT2D eigenvalue weighted by Crippen LogP contribution is 2.41. The second kappa shape index (κ2) is 10.2. The van der Waals surface area contributed by atoms with Crippen molar-refractivity contribution < 1.29 is 18.8 Å². The number of fused-ring (bicyclic) bond motifs is 1. The highest BCUT2D eigenvalue weighted by molar-refractivity contribution is 8.00. The Morgan fingerprint density at radius 3 is 2.26 bits per heavy atom. The molecule has 2 aromatic carbocycles. The smallest absolute Gasteiger partial charge is 0.356 e. The predicted octanol–water partition coefficient (Wildman–Crippen LogP) is 3.00. The number of thioether (sulfide) groups is 1. The first-order chi connectivity index (χ1) is 16.4. The van der Waals surface area contributed by atoms with Crippen LogP contribution >= 0.6 is 24.2 Å². The molecule has 0 spiro atoms. The van der Waals surface area contributed by atoms with Crippen LogP contribution in [-0.2, 0) is 20.9 Å². The third-order valence-electron chi connectivity index (χ3n) is 5.87. The molecular formula is C25H24ClN3O5S. The Hall–Kier alpha value is -3.27. The lowest BCUT2D eigenvalue weighted by molar-refractivity contribution is -0.153. The van der Waals surface area contributed by atoms with Gasteiger partial charge in [0, 0.05) is 11.8 Å². The van der Waals surface area contributed by atoms with Crippen molar-refractivity contribution in [2.45, 2.75) is 31.0 Å². The summed E-state index contributed by atoms with van der Waals surface area (Å²) < 4.78 is 12.7. The average Bonchev–Trinajstić information content (AvgIpc) is 3.18. The van der Waals surface area contributed by atoms with Crippen molar-refractivity contribution in [2.75, 3.05) is 5.75 Å². The van der Waals surface area contributed by atoms with Gasteiger partial charge in [0.25, 0.3) is 5.56 Å². The Kier molecular flexibility index (Phi) is 7.20. The highest BCUT2D eigenvalue weighted by atomic mass is 35.5. The van der Waals surface area contributed by atoms with E-state index in [2.05, 4.69) is 0 Å². The molecule has 1 aromatic heterocycles. The van der Waals surface area contributed by atoms with Crippen LogP contribution in [0.1, 0.15) is 23.0 Å². The van der Waals surface area contributed by atoms with Crippen LogP contribution in [0.4, 0.5) is 0 Å². The van der Waals surface area contributed by atoms with Gasteiger partial charge in [-0.1, -0.05) is 60.7 Å². The molecule has 3 heterocycles. The first-order valence-electron chi connectivity index (χ1n) is 10.8. The van der Waals surface area contributed by atoms with Gasteiger partial charge in [-0.2, -0.15) is 4.74 Å². The number of benzene rings is 2. The molecule has 0 bridgehead atoms. The summed E-state index contributed by atoms with van der Waals surface area (Å²) in [6.45, 7) is 1.71. The molecule has 2 atom stereocenters. The van der Waals surface area contributed by atoms with E-state index in [0.29, 0.717) is 17.1 Å². The summed E-state index contributed by atoms with van der Waals surface area (Å²) in [6, 6.07) is 19.5. The van der Waals surface area contributed by atoms with Crippen LogP contribution in [-0.4, -0.2) is 38.7 Å². The second-order valence-corrected chi connectivity index (χ2v) is 9.32. The molecule has 0 saturated carbocycles. The Labute approximate surface area is 212 Å². The topological polar surface area (TPSA) is 108 Å². The van der Waals surface area contributed by atoms with E-state index >= 15 is 0 Å². The Bertz CT molecular complexity index is 1280. The first-order valence-corrected chi connectivity index (χ1v) is 11.9. The van der Waals surface area contributed by atoms with Crippen LogP contribution < -0.4 is 11.3 Å². The van der Waals surface area contributed by atoms with Crippen LogP contribution in [0.5, 0.6) is 0 Å². The molecule has 1 amide bonds. The lowest BCUT2D eigenvalue weighted by Crippen LogP contribution is -2.68. The molecule has 8 nitrogen and oxygen atoms in total. The van der Waals surface area contributed by atoms with Crippen molar-refractivity contribution in [2.24, 2.45) is 5.73 Å².